The van der Waals surface area contributed by atoms with E-state index in [0.717, 1.165) is 9.80 Å². The van der Waals surface area contributed by atoms with Gasteiger partial charge >= 0.3 is 24.7 Å². The Kier molecular flexibility index (Phi) is 10.0. The van der Waals surface area contributed by atoms with Crippen LogP contribution in [0.4, 0.5) is 64.1 Å². The van der Waals surface area contributed by atoms with Gasteiger partial charge < -0.3 is 4.98 Å². The number of fused-ring (bicyclic) bond motifs is 6. The van der Waals surface area contributed by atoms with Gasteiger partial charge in [0.25, 0.3) is 11.8 Å². The Bertz CT molecular complexity index is 2770. The van der Waals surface area contributed by atoms with Gasteiger partial charge in [0.05, 0.1) is 33.6 Å². The van der Waals surface area contributed by atoms with E-state index >= 15 is 0 Å². The van der Waals surface area contributed by atoms with Crippen molar-refractivity contribution in [2.75, 3.05) is 9.80 Å². The molecule has 6 aromatic carbocycles. The van der Waals surface area contributed by atoms with Gasteiger partial charge in [0, 0.05) is 33.6 Å². The number of carbonyl (C=O) groups is 2. The molecule has 7 aromatic rings. The topological polar surface area (TPSA) is 56.4 Å². The van der Waals surface area contributed by atoms with Crippen LogP contribution in [0.1, 0.15) is 77.6 Å². The molecule has 65 heavy (non-hydrogen) atoms. The predicted molar refractivity (Wildman–Crippen MR) is 215 cm³/mol. The smallest absolute Gasteiger partial charge is 0.358 e. The number of aromatic amines is 1. The van der Waals surface area contributed by atoms with Crippen molar-refractivity contribution in [3.63, 3.8) is 0 Å². The second-order valence-corrected chi connectivity index (χ2v) is 15.3. The van der Waals surface area contributed by atoms with Crippen LogP contribution in [0.25, 0.3) is 22.3 Å². The van der Waals surface area contributed by atoms with E-state index in [2.05, 4.69) is 4.98 Å². The molecule has 0 spiro atoms. The second kappa shape index (κ2) is 15.2. The Balaban J connectivity index is 1.24. The molecule has 2 unspecified atom stereocenters. The lowest BCUT2D eigenvalue weighted by atomic mass is 9.86. The zero-order valence-electron chi connectivity index (χ0n) is 32.8. The molecular formula is C48H27F12N3O2. The number of hydrogen-bond donors (Lipinski definition) is 1. The molecule has 0 saturated heterocycles. The third-order valence-corrected chi connectivity index (χ3v) is 11.4. The lowest BCUT2D eigenvalue weighted by Gasteiger charge is -2.39. The molecule has 9 rings (SSSR count). The van der Waals surface area contributed by atoms with Gasteiger partial charge in [0.2, 0.25) is 0 Å². The molecule has 3 heterocycles. The number of carbonyl (C=O) groups excluding carboxylic acids is 2. The van der Waals surface area contributed by atoms with E-state index in [4.69, 9.17) is 0 Å². The molecule has 2 amide bonds. The molecule has 330 valence electrons. The Morgan fingerprint density at radius 3 is 1.00 bits per heavy atom. The molecular weight excluding hydrogens is 879 g/mol. The first-order valence-corrected chi connectivity index (χ1v) is 19.4. The summed E-state index contributed by atoms with van der Waals surface area (Å²) in [6.07, 6.45) is -21.1. The summed E-state index contributed by atoms with van der Waals surface area (Å²) in [7, 11) is 0. The van der Waals surface area contributed by atoms with Crippen LogP contribution >= 0.6 is 0 Å². The van der Waals surface area contributed by atoms with E-state index < -0.39 is 82.0 Å². The largest absolute Gasteiger partial charge is 0.416 e. The van der Waals surface area contributed by atoms with Crippen molar-refractivity contribution in [2.24, 2.45) is 0 Å². The number of nitrogens with zero attached hydrogens (tertiary/aromatic N) is 2. The molecule has 5 nitrogen and oxygen atoms in total. The molecule has 0 fully saturated rings. The van der Waals surface area contributed by atoms with Gasteiger partial charge in [0.1, 0.15) is 12.1 Å². The zero-order valence-corrected chi connectivity index (χ0v) is 32.8. The van der Waals surface area contributed by atoms with E-state index in [1.54, 1.807) is 72.8 Å². The molecule has 0 aliphatic carbocycles. The van der Waals surface area contributed by atoms with E-state index in [0.29, 0.717) is 57.6 Å². The Morgan fingerprint density at radius 1 is 0.385 bits per heavy atom. The van der Waals surface area contributed by atoms with Crippen molar-refractivity contribution in [1.82, 2.24) is 4.98 Å². The average Bonchev–Trinajstić information content (AvgIpc) is 3.75. The van der Waals surface area contributed by atoms with Gasteiger partial charge in [-0.25, -0.2) is 0 Å². The predicted octanol–water partition coefficient (Wildman–Crippen LogP) is 13.9. The number of hydrogen-bond acceptors (Lipinski definition) is 2. The number of H-pyrrole nitrogens is 1. The van der Waals surface area contributed by atoms with Gasteiger partial charge in [-0.1, -0.05) is 84.9 Å². The highest BCUT2D eigenvalue weighted by molar-refractivity contribution is 6.12. The summed E-state index contributed by atoms with van der Waals surface area (Å²) in [5.41, 5.74) is -5.60. The number of aromatic nitrogens is 1. The Morgan fingerprint density at radius 2 is 0.677 bits per heavy atom. The number of benzene rings is 6. The number of para-hydroxylation sites is 2. The number of alkyl halides is 12. The highest BCUT2D eigenvalue weighted by Gasteiger charge is 2.44. The first kappa shape index (κ1) is 43.0. The maximum Gasteiger partial charge on any atom is 0.416 e. The monoisotopic (exact) mass is 905 g/mol. The van der Waals surface area contributed by atoms with Crippen LogP contribution in [0.2, 0.25) is 0 Å². The van der Waals surface area contributed by atoms with Crippen molar-refractivity contribution in [2.45, 2.75) is 36.8 Å². The standard InChI is InChI=1S/C48H27F12N3O2/c49-45(50,51)27-19-25(20-28(23-27)46(52,53)54)43(64)62-39-15-7-5-11-33(39)31-9-1-3-13-35(31)41(62)37-17-18-38(61-37)42-36-14-4-2-10-32(36)34-12-6-8-16-40(34)63(42)44(65)26-21-29(47(55,56)57)24-30(22-26)48(58,59)60/h1-24,41-42,61H. The van der Waals surface area contributed by atoms with Crippen LogP contribution in [0.5, 0.6) is 0 Å². The maximum atomic E-state index is 14.8. The highest BCUT2D eigenvalue weighted by atomic mass is 19.4. The van der Waals surface area contributed by atoms with E-state index in [1.807, 2.05) is 0 Å². The molecule has 17 heteroatoms. The lowest BCUT2D eigenvalue weighted by molar-refractivity contribution is -0.144. The first-order chi connectivity index (χ1) is 30.6. The number of nitrogens with one attached hydrogen (secondary N) is 1. The average molecular weight is 906 g/mol. The van der Waals surface area contributed by atoms with Crippen molar-refractivity contribution >= 4 is 23.2 Å². The molecule has 2 atom stereocenters. The van der Waals surface area contributed by atoms with Crippen molar-refractivity contribution in [3.05, 3.63) is 201 Å². The number of amides is 2. The van der Waals surface area contributed by atoms with Crippen molar-refractivity contribution in [3.8, 4) is 22.3 Å². The number of anilines is 2. The van der Waals surface area contributed by atoms with Crippen LogP contribution in [0, 0.1) is 0 Å². The summed E-state index contributed by atoms with van der Waals surface area (Å²) in [5, 5.41) is 0. The minimum absolute atomic E-state index is 0.0958. The molecule has 0 saturated carbocycles. The Hall–Kier alpha value is -7.30. The minimum Gasteiger partial charge on any atom is -0.358 e. The lowest BCUT2D eigenvalue weighted by Crippen LogP contribution is -2.39. The van der Waals surface area contributed by atoms with Crippen LogP contribution in [0.15, 0.2) is 146 Å². The van der Waals surface area contributed by atoms with E-state index in [9.17, 15) is 62.3 Å². The summed E-state index contributed by atoms with van der Waals surface area (Å²) < 4.78 is 169. The molecule has 2 aliphatic rings. The number of rotatable bonds is 4. The third-order valence-electron chi connectivity index (χ3n) is 11.4. The van der Waals surface area contributed by atoms with E-state index in [1.165, 1.54) is 36.4 Å². The molecule has 0 radical (unpaired) electrons. The van der Waals surface area contributed by atoms with Crippen LogP contribution in [-0.2, 0) is 24.7 Å². The second-order valence-electron chi connectivity index (χ2n) is 15.3. The highest BCUT2D eigenvalue weighted by Crippen LogP contribution is 2.51. The number of halogens is 12. The van der Waals surface area contributed by atoms with Gasteiger partial charge in [-0.3, -0.25) is 19.4 Å². The third kappa shape index (κ3) is 7.57. The van der Waals surface area contributed by atoms with Crippen LogP contribution in [0.3, 0.4) is 0 Å². The normalized spacial score (nSPS) is 16.1. The fourth-order valence-electron chi connectivity index (χ4n) is 8.59. The summed E-state index contributed by atoms with van der Waals surface area (Å²) in [4.78, 5) is 34.9. The van der Waals surface area contributed by atoms with Gasteiger partial charge in [-0.15, -0.1) is 0 Å². The van der Waals surface area contributed by atoms with Gasteiger partial charge in [-0.2, -0.15) is 52.7 Å². The first-order valence-electron chi connectivity index (χ1n) is 19.4. The summed E-state index contributed by atoms with van der Waals surface area (Å²) in [5.74, 6) is -2.49. The SMILES string of the molecule is O=C(c1cc(C(F)(F)F)cc(C(F)(F)F)c1)N1c2ccccc2-c2ccccc2C1c1ccc(C2c3ccccc3-c3ccccc3N2C(=O)c2cc(C(F)(F)F)cc(C(F)(F)F)c2)[nH]1. The molecule has 2 aliphatic heterocycles. The zero-order chi connectivity index (χ0) is 46.4. The molecule has 1 aromatic heterocycles. The van der Waals surface area contributed by atoms with Gasteiger partial charge in [-0.05, 0) is 82.9 Å². The van der Waals surface area contributed by atoms with E-state index in [-0.39, 0.29) is 34.9 Å². The summed E-state index contributed by atoms with van der Waals surface area (Å²) >= 11 is 0. The van der Waals surface area contributed by atoms with Crippen LogP contribution < -0.4 is 9.80 Å². The van der Waals surface area contributed by atoms with Crippen LogP contribution in [-0.4, -0.2) is 16.8 Å². The van der Waals surface area contributed by atoms with Crippen molar-refractivity contribution < 1.29 is 62.3 Å². The fourth-order valence-corrected chi connectivity index (χ4v) is 8.59. The molecule has 1 N–H and O–H groups in total. The molecule has 0 bridgehead atoms. The van der Waals surface area contributed by atoms with Gasteiger partial charge in [0.15, 0.2) is 0 Å². The minimum atomic E-state index is -5.28. The Labute approximate surface area is 360 Å². The van der Waals surface area contributed by atoms with Crippen molar-refractivity contribution in [1.29, 1.82) is 0 Å². The summed E-state index contributed by atoms with van der Waals surface area (Å²) in [6.45, 7) is 0. The quantitative estimate of drug-likeness (QED) is 0.179. The summed E-state index contributed by atoms with van der Waals surface area (Å²) in [6, 6.07) is 27.2. The maximum absolute atomic E-state index is 14.8. The fraction of sp³-hybridized carbons (Fsp3) is 0.125.